The van der Waals surface area contributed by atoms with Crippen molar-refractivity contribution >= 4 is 22.6 Å². The molecule has 0 radical (unpaired) electrons. The highest BCUT2D eigenvalue weighted by Crippen LogP contribution is 2.47. The number of anilines is 1. The molecule has 1 aliphatic carbocycles. The van der Waals surface area contributed by atoms with Crippen molar-refractivity contribution in [2.24, 2.45) is 5.92 Å². The molecule has 1 unspecified atom stereocenters. The third-order valence-corrected chi connectivity index (χ3v) is 9.55. The molecule has 214 valence electrons. The number of carbonyl (C=O) groups is 1. The number of carboxylic acid groups (broad SMARTS) is 1. The van der Waals surface area contributed by atoms with E-state index in [9.17, 15) is 9.90 Å². The van der Waals surface area contributed by atoms with Crippen molar-refractivity contribution in [1.29, 1.82) is 0 Å². The zero-order chi connectivity index (χ0) is 27.6. The van der Waals surface area contributed by atoms with Crippen molar-refractivity contribution < 1.29 is 14.6 Å². The molecule has 1 aromatic heterocycles. The summed E-state index contributed by atoms with van der Waals surface area (Å²) in [5.74, 6) is 0.313. The first-order chi connectivity index (χ1) is 19.5. The molecular formula is C34H45N3O3. The lowest BCUT2D eigenvalue weighted by Gasteiger charge is -2.35. The minimum absolute atomic E-state index is 0.375. The first-order valence-electron chi connectivity index (χ1n) is 15.6. The van der Waals surface area contributed by atoms with Crippen molar-refractivity contribution in [2.75, 3.05) is 50.8 Å². The maximum atomic E-state index is 12.0. The molecule has 1 saturated heterocycles. The van der Waals surface area contributed by atoms with Crippen LogP contribution >= 0.6 is 0 Å². The lowest BCUT2D eigenvalue weighted by Crippen LogP contribution is -2.42. The monoisotopic (exact) mass is 543 g/mol. The second-order valence-corrected chi connectivity index (χ2v) is 12.3. The van der Waals surface area contributed by atoms with Gasteiger partial charge in [0.1, 0.15) is 0 Å². The van der Waals surface area contributed by atoms with E-state index in [-0.39, 0.29) is 0 Å². The molecule has 2 aromatic carbocycles. The van der Waals surface area contributed by atoms with Crippen LogP contribution < -0.4 is 4.90 Å². The zero-order valence-electron chi connectivity index (χ0n) is 24.3. The average molecular weight is 544 g/mol. The Hall–Kier alpha value is -2.83. The van der Waals surface area contributed by atoms with E-state index >= 15 is 0 Å². The van der Waals surface area contributed by atoms with E-state index in [0.29, 0.717) is 17.4 Å². The summed E-state index contributed by atoms with van der Waals surface area (Å²) in [4.78, 5) is 17.2. The number of likely N-dealkylation sites (tertiary alicyclic amines) is 1. The Morgan fingerprint density at radius 1 is 0.975 bits per heavy atom. The molecule has 2 aliphatic heterocycles. The topological polar surface area (TPSA) is 57.9 Å². The second kappa shape index (κ2) is 12.0. The molecule has 1 atom stereocenters. The van der Waals surface area contributed by atoms with Crippen LogP contribution in [0.3, 0.4) is 0 Å². The molecule has 0 spiro atoms. The van der Waals surface area contributed by atoms with Crippen LogP contribution in [0.4, 0.5) is 5.69 Å². The van der Waals surface area contributed by atoms with Crippen molar-refractivity contribution in [2.45, 2.75) is 71.3 Å². The summed E-state index contributed by atoms with van der Waals surface area (Å²) >= 11 is 0. The van der Waals surface area contributed by atoms with E-state index in [1.165, 1.54) is 84.9 Å². The van der Waals surface area contributed by atoms with E-state index in [2.05, 4.69) is 52.5 Å². The van der Waals surface area contributed by atoms with Crippen molar-refractivity contribution in [3.05, 3.63) is 53.1 Å². The lowest BCUT2D eigenvalue weighted by molar-refractivity contribution is 0.0680. The SMILES string of the molecule is CCOCC1CCCN(CCN2CCn3c(c(C4CCCCC4)c4ccc(C(=O)O)cc43)-c3ccc(C)cc32)C1. The third kappa shape index (κ3) is 5.40. The molecule has 2 fully saturated rings. The highest BCUT2D eigenvalue weighted by atomic mass is 16.5. The fourth-order valence-corrected chi connectivity index (χ4v) is 7.55. The average Bonchev–Trinajstić information content (AvgIpc) is 3.21. The molecule has 0 amide bonds. The normalized spacial score (nSPS) is 20.4. The Labute approximate surface area is 238 Å². The highest BCUT2D eigenvalue weighted by Gasteiger charge is 2.31. The van der Waals surface area contributed by atoms with Gasteiger partial charge in [-0.05, 0) is 87.2 Å². The Morgan fingerprint density at radius 2 is 1.82 bits per heavy atom. The van der Waals surface area contributed by atoms with Crippen LogP contribution in [-0.2, 0) is 11.3 Å². The standard InChI is InChI=1S/C34H45N3O3/c1-3-40-23-25-8-7-15-35(22-25)16-17-36-18-19-37-31-21-27(34(38)39)12-14-28(31)32(26-9-5-4-6-10-26)33(37)29-13-11-24(2)20-30(29)36/h11-14,20-21,25-26H,3-10,15-19,22-23H2,1-2H3,(H,38,39). The van der Waals surface area contributed by atoms with Gasteiger partial charge in [0.25, 0.3) is 0 Å². The fourth-order valence-electron chi connectivity index (χ4n) is 7.55. The van der Waals surface area contributed by atoms with E-state index in [1.54, 1.807) is 6.07 Å². The van der Waals surface area contributed by atoms with Crippen LogP contribution in [0.2, 0.25) is 0 Å². The number of rotatable bonds is 8. The van der Waals surface area contributed by atoms with Crippen LogP contribution in [0.25, 0.3) is 22.2 Å². The number of hydrogen-bond donors (Lipinski definition) is 1. The van der Waals surface area contributed by atoms with Crippen molar-refractivity contribution in [1.82, 2.24) is 9.47 Å². The van der Waals surface area contributed by atoms with Gasteiger partial charge in [-0.3, -0.25) is 0 Å². The number of hydrogen-bond acceptors (Lipinski definition) is 4. The Bertz CT molecular complexity index is 1360. The van der Waals surface area contributed by atoms with Crippen LogP contribution in [0.5, 0.6) is 0 Å². The maximum absolute atomic E-state index is 12.0. The van der Waals surface area contributed by atoms with Gasteiger partial charge < -0.3 is 24.2 Å². The number of aryl methyl sites for hydroxylation is 1. The van der Waals surface area contributed by atoms with Gasteiger partial charge in [-0.1, -0.05) is 37.5 Å². The molecule has 40 heavy (non-hydrogen) atoms. The molecule has 3 aromatic rings. The summed E-state index contributed by atoms with van der Waals surface area (Å²) in [6.07, 6.45) is 8.83. The highest BCUT2D eigenvalue weighted by molar-refractivity contribution is 5.99. The molecule has 3 heterocycles. The van der Waals surface area contributed by atoms with Crippen LogP contribution in [0, 0.1) is 12.8 Å². The van der Waals surface area contributed by atoms with Gasteiger partial charge in [0.05, 0.1) is 17.9 Å². The number of fused-ring (bicyclic) bond motifs is 5. The summed E-state index contributed by atoms with van der Waals surface area (Å²) in [5.41, 5.74) is 8.17. The largest absolute Gasteiger partial charge is 0.478 e. The molecule has 3 aliphatic rings. The minimum Gasteiger partial charge on any atom is -0.478 e. The molecule has 6 nitrogen and oxygen atoms in total. The third-order valence-electron chi connectivity index (χ3n) is 9.55. The van der Waals surface area contributed by atoms with Gasteiger partial charge in [0, 0.05) is 61.5 Å². The predicted molar refractivity (Wildman–Crippen MR) is 163 cm³/mol. The first kappa shape index (κ1) is 27.3. The number of aromatic carboxylic acids is 1. The fraction of sp³-hybridized carbons (Fsp3) is 0.559. The Morgan fingerprint density at radius 3 is 2.62 bits per heavy atom. The Balaban J connectivity index is 1.37. The molecule has 6 heteroatoms. The smallest absolute Gasteiger partial charge is 0.335 e. The van der Waals surface area contributed by atoms with E-state index in [1.807, 2.05) is 6.07 Å². The van der Waals surface area contributed by atoms with E-state index in [0.717, 1.165) is 51.5 Å². The van der Waals surface area contributed by atoms with E-state index < -0.39 is 5.97 Å². The number of benzene rings is 2. The van der Waals surface area contributed by atoms with Crippen LogP contribution in [0.15, 0.2) is 36.4 Å². The summed E-state index contributed by atoms with van der Waals surface area (Å²) in [5, 5.41) is 11.1. The molecule has 1 saturated carbocycles. The number of carboxylic acids is 1. The van der Waals surface area contributed by atoms with Crippen LogP contribution in [-0.4, -0.2) is 66.5 Å². The zero-order valence-corrected chi connectivity index (χ0v) is 24.3. The Kier molecular flexibility index (Phi) is 8.17. The number of aromatic nitrogens is 1. The number of piperidine rings is 1. The van der Waals surface area contributed by atoms with Gasteiger partial charge in [0.15, 0.2) is 0 Å². The van der Waals surface area contributed by atoms with Gasteiger partial charge >= 0.3 is 5.97 Å². The van der Waals surface area contributed by atoms with E-state index in [4.69, 9.17) is 4.74 Å². The van der Waals surface area contributed by atoms with Crippen molar-refractivity contribution in [3.63, 3.8) is 0 Å². The van der Waals surface area contributed by atoms with Gasteiger partial charge in [-0.2, -0.15) is 0 Å². The summed E-state index contributed by atoms with van der Waals surface area (Å²) in [6.45, 7) is 12.1. The molecule has 0 bridgehead atoms. The molecule has 6 rings (SSSR count). The summed E-state index contributed by atoms with van der Waals surface area (Å²) in [6, 6.07) is 12.8. The molecular weight excluding hydrogens is 498 g/mol. The number of nitrogens with zero attached hydrogens (tertiary/aromatic N) is 3. The predicted octanol–water partition coefficient (Wildman–Crippen LogP) is 6.93. The maximum Gasteiger partial charge on any atom is 0.335 e. The summed E-state index contributed by atoms with van der Waals surface area (Å²) < 4.78 is 8.22. The quantitative estimate of drug-likeness (QED) is 0.334. The van der Waals surface area contributed by atoms with Gasteiger partial charge in [-0.15, -0.1) is 0 Å². The van der Waals surface area contributed by atoms with Crippen molar-refractivity contribution in [3.8, 4) is 11.3 Å². The van der Waals surface area contributed by atoms with Gasteiger partial charge in [-0.25, -0.2) is 4.79 Å². The molecule has 1 N–H and O–H groups in total. The second-order valence-electron chi connectivity index (χ2n) is 12.3. The first-order valence-corrected chi connectivity index (χ1v) is 15.6. The summed E-state index contributed by atoms with van der Waals surface area (Å²) in [7, 11) is 0. The lowest BCUT2D eigenvalue weighted by atomic mass is 9.81. The van der Waals surface area contributed by atoms with Crippen LogP contribution in [0.1, 0.15) is 79.3 Å². The van der Waals surface area contributed by atoms with Gasteiger partial charge in [0.2, 0.25) is 0 Å². The minimum atomic E-state index is -0.855. The number of ether oxygens (including phenoxy) is 1.